The summed E-state index contributed by atoms with van der Waals surface area (Å²) < 4.78 is 1.85. The van der Waals surface area contributed by atoms with Gasteiger partial charge in [-0.15, -0.1) is 0 Å². The van der Waals surface area contributed by atoms with Gasteiger partial charge in [-0.25, -0.2) is 0 Å². The monoisotopic (exact) mass is 371 g/mol. The van der Waals surface area contributed by atoms with Crippen molar-refractivity contribution >= 4 is 17.3 Å². The number of nitro groups is 1. The summed E-state index contributed by atoms with van der Waals surface area (Å²) in [7, 11) is 0. The third-order valence-corrected chi connectivity index (χ3v) is 4.81. The standard InChI is InChI=1S/C19H25N5O3/c1-13-10-15(3)23(21-13)12-14(2)20-19(25)16-6-7-17(18(11-16)24(26)27)22-8-4-5-9-22/h6-7,10-11,14H,4-5,8-9,12H2,1-3H3,(H,20,25). The summed E-state index contributed by atoms with van der Waals surface area (Å²) in [5.41, 5.74) is 2.82. The third-order valence-electron chi connectivity index (χ3n) is 4.81. The maximum absolute atomic E-state index is 12.6. The minimum atomic E-state index is -0.413. The summed E-state index contributed by atoms with van der Waals surface area (Å²) in [5, 5.41) is 18.8. The Morgan fingerprint density at radius 3 is 2.59 bits per heavy atom. The molecule has 27 heavy (non-hydrogen) atoms. The van der Waals surface area contributed by atoms with E-state index in [0.29, 0.717) is 17.8 Å². The van der Waals surface area contributed by atoms with Gasteiger partial charge in [0.2, 0.25) is 0 Å². The second kappa shape index (κ2) is 7.77. The molecule has 1 fully saturated rings. The number of nitrogens with zero attached hydrogens (tertiary/aromatic N) is 4. The molecule has 0 radical (unpaired) electrons. The first kappa shape index (κ1) is 18.9. The Bertz CT molecular complexity index is 855. The maximum atomic E-state index is 12.6. The number of anilines is 1. The highest BCUT2D eigenvalue weighted by Crippen LogP contribution is 2.31. The van der Waals surface area contributed by atoms with Gasteiger partial charge in [0, 0.05) is 36.5 Å². The molecule has 1 aromatic carbocycles. The molecule has 1 N–H and O–H groups in total. The second-order valence-corrected chi connectivity index (χ2v) is 7.14. The fraction of sp³-hybridized carbons (Fsp3) is 0.474. The lowest BCUT2D eigenvalue weighted by Gasteiger charge is -2.18. The highest BCUT2D eigenvalue weighted by molar-refractivity contribution is 5.96. The number of carbonyl (C=O) groups is 1. The van der Waals surface area contributed by atoms with Gasteiger partial charge in [-0.1, -0.05) is 0 Å². The molecule has 2 aromatic rings. The van der Waals surface area contributed by atoms with E-state index < -0.39 is 4.92 Å². The number of benzene rings is 1. The molecule has 0 spiro atoms. The number of rotatable bonds is 6. The molecule has 0 saturated carbocycles. The summed E-state index contributed by atoms with van der Waals surface area (Å²) in [6, 6.07) is 6.54. The molecule has 8 nitrogen and oxygen atoms in total. The molecule has 1 aromatic heterocycles. The van der Waals surface area contributed by atoms with E-state index in [1.807, 2.05) is 36.4 Å². The minimum Gasteiger partial charge on any atom is -0.366 e. The molecule has 3 rings (SSSR count). The first-order valence-corrected chi connectivity index (χ1v) is 9.20. The van der Waals surface area contributed by atoms with Gasteiger partial charge in [0.1, 0.15) is 5.69 Å². The van der Waals surface area contributed by atoms with E-state index in [9.17, 15) is 14.9 Å². The van der Waals surface area contributed by atoms with Crippen LogP contribution in [0.5, 0.6) is 0 Å². The summed E-state index contributed by atoms with van der Waals surface area (Å²) in [6.07, 6.45) is 2.06. The first-order chi connectivity index (χ1) is 12.8. The topological polar surface area (TPSA) is 93.3 Å². The number of carbonyl (C=O) groups excluding carboxylic acids is 1. The van der Waals surface area contributed by atoms with Crippen LogP contribution in [0.1, 0.15) is 41.5 Å². The Morgan fingerprint density at radius 2 is 2.00 bits per heavy atom. The third kappa shape index (κ3) is 4.27. The Kier molecular flexibility index (Phi) is 5.43. The molecule has 0 bridgehead atoms. The Hall–Kier alpha value is -2.90. The molecular weight excluding hydrogens is 346 g/mol. The average Bonchev–Trinajstić information content (AvgIpc) is 3.24. The van der Waals surface area contributed by atoms with E-state index in [1.54, 1.807) is 12.1 Å². The predicted molar refractivity (Wildman–Crippen MR) is 103 cm³/mol. The molecule has 1 aliphatic heterocycles. The zero-order chi connectivity index (χ0) is 19.6. The summed E-state index contributed by atoms with van der Waals surface area (Å²) in [6.45, 7) is 7.95. The van der Waals surface area contributed by atoms with Crippen LogP contribution in [0.3, 0.4) is 0 Å². The number of aryl methyl sites for hydroxylation is 2. The van der Waals surface area contributed by atoms with E-state index in [2.05, 4.69) is 10.4 Å². The molecule has 1 aliphatic rings. The van der Waals surface area contributed by atoms with Crippen LogP contribution in [0, 0.1) is 24.0 Å². The lowest BCUT2D eigenvalue weighted by Crippen LogP contribution is -2.36. The van der Waals surface area contributed by atoms with Gasteiger partial charge < -0.3 is 10.2 Å². The van der Waals surface area contributed by atoms with Gasteiger partial charge in [-0.3, -0.25) is 19.6 Å². The van der Waals surface area contributed by atoms with E-state index >= 15 is 0 Å². The number of hydrogen-bond donors (Lipinski definition) is 1. The molecule has 1 amide bonds. The smallest absolute Gasteiger partial charge is 0.293 e. The van der Waals surface area contributed by atoms with Crippen LogP contribution >= 0.6 is 0 Å². The molecule has 8 heteroatoms. The van der Waals surface area contributed by atoms with Crippen LogP contribution in [0.25, 0.3) is 0 Å². The predicted octanol–water partition coefficient (Wildman–Crippen LogP) is 2.83. The lowest BCUT2D eigenvalue weighted by atomic mass is 10.1. The average molecular weight is 371 g/mol. The second-order valence-electron chi connectivity index (χ2n) is 7.14. The fourth-order valence-electron chi connectivity index (χ4n) is 3.51. The fourth-order valence-corrected chi connectivity index (χ4v) is 3.51. The zero-order valence-corrected chi connectivity index (χ0v) is 15.9. The SMILES string of the molecule is Cc1cc(C)n(CC(C)NC(=O)c2ccc(N3CCCC3)c([N+](=O)[O-])c2)n1. The molecule has 1 atom stereocenters. The highest BCUT2D eigenvalue weighted by Gasteiger charge is 2.24. The van der Waals surface area contributed by atoms with E-state index in [1.165, 1.54) is 6.07 Å². The van der Waals surface area contributed by atoms with Crippen LogP contribution < -0.4 is 10.2 Å². The van der Waals surface area contributed by atoms with E-state index in [0.717, 1.165) is 37.3 Å². The van der Waals surface area contributed by atoms with Crippen LogP contribution in [-0.2, 0) is 6.54 Å². The summed E-state index contributed by atoms with van der Waals surface area (Å²) in [4.78, 5) is 25.7. The van der Waals surface area contributed by atoms with E-state index in [4.69, 9.17) is 0 Å². The van der Waals surface area contributed by atoms with Crippen molar-refractivity contribution in [2.75, 3.05) is 18.0 Å². The number of hydrogen-bond acceptors (Lipinski definition) is 5. The Labute approximate surface area is 158 Å². The largest absolute Gasteiger partial charge is 0.366 e. The molecule has 1 unspecified atom stereocenters. The normalized spacial score (nSPS) is 15.0. The zero-order valence-electron chi connectivity index (χ0n) is 15.9. The van der Waals surface area contributed by atoms with Gasteiger partial charge in [0.25, 0.3) is 11.6 Å². The molecular formula is C19H25N5O3. The van der Waals surface area contributed by atoms with E-state index in [-0.39, 0.29) is 17.6 Å². The van der Waals surface area contributed by atoms with Gasteiger partial charge in [-0.2, -0.15) is 5.10 Å². The highest BCUT2D eigenvalue weighted by atomic mass is 16.6. The molecule has 1 saturated heterocycles. The Morgan fingerprint density at radius 1 is 1.30 bits per heavy atom. The van der Waals surface area contributed by atoms with Gasteiger partial charge >= 0.3 is 0 Å². The van der Waals surface area contributed by atoms with Crippen molar-refractivity contribution in [2.24, 2.45) is 0 Å². The van der Waals surface area contributed by atoms with Crippen molar-refractivity contribution < 1.29 is 9.72 Å². The van der Waals surface area contributed by atoms with Crippen molar-refractivity contribution in [1.82, 2.24) is 15.1 Å². The van der Waals surface area contributed by atoms with Crippen molar-refractivity contribution in [1.29, 1.82) is 0 Å². The van der Waals surface area contributed by atoms with Crippen LogP contribution in [0.2, 0.25) is 0 Å². The number of nitrogens with one attached hydrogen (secondary N) is 1. The summed E-state index contributed by atoms with van der Waals surface area (Å²) >= 11 is 0. The maximum Gasteiger partial charge on any atom is 0.293 e. The Balaban J connectivity index is 1.73. The van der Waals surface area contributed by atoms with Crippen molar-refractivity contribution in [3.8, 4) is 0 Å². The van der Waals surface area contributed by atoms with Crippen LogP contribution in [0.4, 0.5) is 11.4 Å². The van der Waals surface area contributed by atoms with Gasteiger partial charge in [0.05, 0.1) is 17.2 Å². The van der Waals surface area contributed by atoms with Gasteiger partial charge in [0.15, 0.2) is 0 Å². The minimum absolute atomic E-state index is 0.0178. The molecule has 2 heterocycles. The van der Waals surface area contributed by atoms with Crippen LogP contribution in [0.15, 0.2) is 24.3 Å². The molecule has 0 aliphatic carbocycles. The van der Waals surface area contributed by atoms with Gasteiger partial charge in [-0.05, 0) is 51.8 Å². The number of aromatic nitrogens is 2. The van der Waals surface area contributed by atoms with Crippen LogP contribution in [-0.4, -0.2) is 39.7 Å². The molecule has 144 valence electrons. The van der Waals surface area contributed by atoms with Crippen molar-refractivity contribution in [3.05, 3.63) is 51.3 Å². The van der Waals surface area contributed by atoms with Crippen molar-refractivity contribution in [2.45, 2.75) is 46.2 Å². The van der Waals surface area contributed by atoms with Crippen molar-refractivity contribution in [3.63, 3.8) is 0 Å². The number of amides is 1. The summed E-state index contributed by atoms with van der Waals surface area (Å²) in [5.74, 6) is -0.319. The number of nitro benzene ring substituents is 1. The quantitative estimate of drug-likeness (QED) is 0.622. The lowest BCUT2D eigenvalue weighted by molar-refractivity contribution is -0.384. The first-order valence-electron chi connectivity index (χ1n) is 9.20.